The van der Waals surface area contributed by atoms with Crippen LogP contribution in [0.1, 0.15) is 0 Å². The van der Waals surface area contributed by atoms with Gasteiger partial charge in [-0.3, -0.25) is 9.59 Å². The molecule has 104 valence electrons. The number of amides is 2. The van der Waals surface area contributed by atoms with Crippen LogP contribution in [0.2, 0.25) is 0 Å². The van der Waals surface area contributed by atoms with E-state index in [4.69, 9.17) is 9.47 Å². The fourth-order valence-corrected chi connectivity index (χ4v) is 1.63. The minimum atomic E-state index is -0.351. The van der Waals surface area contributed by atoms with Gasteiger partial charge in [0.1, 0.15) is 6.04 Å². The third kappa shape index (κ3) is 4.99. The van der Waals surface area contributed by atoms with Crippen LogP contribution in [0.4, 0.5) is 0 Å². The number of morpholine rings is 1. The molecule has 0 aromatic heterocycles. The molecule has 0 saturated carbocycles. The van der Waals surface area contributed by atoms with Crippen LogP contribution >= 0.6 is 0 Å². The third-order valence-electron chi connectivity index (χ3n) is 2.61. The summed E-state index contributed by atoms with van der Waals surface area (Å²) in [6, 6.07) is -0.351. The average Bonchev–Trinajstić information content (AvgIpc) is 2.39. The molecule has 0 aromatic carbocycles. The molecule has 7 nitrogen and oxygen atoms in total. The maximum atomic E-state index is 11.9. The SMILES string of the molecule is COCCNC(=O)CN(C)C(=O)C1COCCN1. The Labute approximate surface area is 107 Å². The summed E-state index contributed by atoms with van der Waals surface area (Å²) in [6.45, 7) is 2.58. The molecular formula is C11H21N3O4. The van der Waals surface area contributed by atoms with Crippen molar-refractivity contribution in [3.63, 3.8) is 0 Å². The molecule has 2 N–H and O–H groups in total. The summed E-state index contributed by atoms with van der Waals surface area (Å²) < 4.78 is 10.0. The smallest absolute Gasteiger partial charge is 0.242 e. The zero-order valence-corrected chi connectivity index (χ0v) is 10.9. The van der Waals surface area contributed by atoms with Gasteiger partial charge in [-0.05, 0) is 0 Å². The molecule has 1 heterocycles. The average molecular weight is 259 g/mol. The third-order valence-corrected chi connectivity index (χ3v) is 2.61. The van der Waals surface area contributed by atoms with Gasteiger partial charge in [0.05, 0.1) is 26.4 Å². The van der Waals surface area contributed by atoms with E-state index in [2.05, 4.69) is 10.6 Å². The molecule has 0 bridgehead atoms. The second-order valence-electron chi connectivity index (χ2n) is 4.12. The van der Waals surface area contributed by atoms with Crippen molar-refractivity contribution < 1.29 is 19.1 Å². The van der Waals surface area contributed by atoms with E-state index < -0.39 is 0 Å². The number of likely N-dealkylation sites (N-methyl/N-ethyl adjacent to an activating group) is 1. The maximum Gasteiger partial charge on any atom is 0.242 e. The van der Waals surface area contributed by atoms with Gasteiger partial charge in [-0.15, -0.1) is 0 Å². The molecule has 18 heavy (non-hydrogen) atoms. The molecule has 1 unspecified atom stereocenters. The molecule has 1 rings (SSSR count). The standard InChI is InChI=1S/C11H21N3O4/c1-14(7-10(15)13-3-5-17-2)11(16)9-8-18-6-4-12-9/h9,12H,3-8H2,1-2H3,(H,13,15). The Bertz CT molecular complexity index is 279. The summed E-state index contributed by atoms with van der Waals surface area (Å²) in [7, 11) is 3.17. The van der Waals surface area contributed by atoms with Crippen molar-refractivity contribution in [2.24, 2.45) is 0 Å². The quantitative estimate of drug-likeness (QED) is 0.550. The first-order chi connectivity index (χ1) is 8.65. The molecule has 0 spiro atoms. The van der Waals surface area contributed by atoms with Crippen LogP contribution in [-0.4, -0.2) is 76.4 Å². The van der Waals surface area contributed by atoms with Gasteiger partial charge < -0.3 is 25.0 Å². The van der Waals surface area contributed by atoms with E-state index >= 15 is 0 Å². The number of nitrogens with zero attached hydrogens (tertiary/aromatic N) is 1. The van der Waals surface area contributed by atoms with Gasteiger partial charge in [0.15, 0.2) is 0 Å². The van der Waals surface area contributed by atoms with E-state index in [9.17, 15) is 9.59 Å². The molecule has 0 aliphatic carbocycles. The Morgan fingerprint density at radius 3 is 2.94 bits per heavy atom. The first kappa shape index (κ1) is 14.9. The van der Waals surface area contributed by atoms with Gasteiger partial charge in [-0.2, -0.15) is 0 Å². The normalized spacial score (nSPS) is 19.3. The van der Waals surface area contributed by atoms with Crippen molar-refractivity contribution in [3.8, 4) is 0 Å². The van der Waals surface area contributed by atoms with E-state index in [1.807, 2.05) is 0 Å². The number of nitrogens with one attached hydrogen (secondary N) is 2. The van der Waals surface area contributed by atoms with Crippen LogP contribution in [0.25, 0.3) is 0 Å². The lowest BCUT2D eigenvalue weighted by molar-refractivity contribution is -0.138. The number of carbonyl (C=O) groups excluding carboxylic acids is 2. The Balaban J connectivity index is 2.27. The fourth-order valence-electron chi connectivity index (χ4n) is 1.63. The van der Waals surface area contributed by atoms with Crippen molar-refractivity contribution in [2.75, 3.05) is 53.6 Å². The van der Waals surface area contributed by atoms with Gasteiger partial charge in [0, 0.05) is 27.2 Å². The summed E-state index contributed by atoms with van der Waals surface area (Å²) in [5.74, 6) is -0.323. The van der Waals surface area contributed by atoms with Gasteiger partial charge in [0.2, 0.25) is 11.8 Å². The lowest BCUT2D eigenvalue weighted by atomic mass is 10.2. The molecule has 0 aromatic rings. The highest BCUT2D eigenvalue weighted by atomic mass is 16.5. The van der Waals surface area contributed by atoms with Crippen LogP contribution in [0.5, 0.6) is 0 Å². The number of methoxy groups -OCH3 is 1. The summed E-state index contributed by atoms with van der Waals surface area (Å²) in [5, 5.41) is 5.72. The van der Waals surface area contributed by atoms with E-state index in [0.29, 0.717) is 32.9 Å². The maximum absolute atomic E-state index is 11.9. The van der Waals surface area contributed by atoms with Crippen molar-refractivity contribution >= 4 is 11.8 Å². The highest BCUT2D eigenvalue weighted by molar-refractivity contribution is 5.87. The highest BCUT2D eigenvalue weighted by Gasteiger charge is 2.25. The molecule has 1 saturated heterocycles. The van der Waals surface area contributed by atoms with Crippen molar-refractivity contribution in [1.82, 2.24) is 15.5 Å². The molecule has 0 radical (unpaired) electrons. The zero-order chi connectivity index (χ0) is 13.4. The van der Waals surface area contributed by atoms with Crippen LogP contribution < -0.4 is 10.6 Å². The summed E-state index contributed by atoms with van der Waals surface area (Å²) in [4.78, 5) is 24.8. The Morgan fingerprint density at radius 1 is 1.56 bits per heavy atom. The molecule has 7 heteroatoms. The topological polar surface area (TPSA) is 79.9 Å². The van der Waals surface area contributed by atoms with Gasteiger partial charge in [-0.25, -0.2) is 0 Å². The Morgan fingerprint density at radius 2 is 2.33 bits per heavy atom. The number of hydrogen-bond acceptors (Lipinski definition) is 5. The molecular weight excluding hydrogens is 238 g/mol. The molecule has 1 aliphatic rings. The van der Waals surface area contributed by atoms with E-state index in [-0.39, 0.29) is 24.4 Å². The minimum absolute atomic E-state index is 0.0424. The molecule has 2 amide bonds. The predicted octanol–water partition coefficient (Wildman–Crippen LogP) is -1.80. The largest absolute Gasteiger partial charge is 0.383 e. The monoisotopic (exact) mass is 259 g/mol. The van der Waals surface area contributed by atoms with Crippen molar-refractivity contribution in [1.29, 1.82) is 0 Å². The number of carbonyl (C=O) groups is 2. The Kier molecular flexibility index (Phi) is 6.63. The van der Waals surface area contributed by atoms with E-state index in [1.165, 1.54) is 4.90 Å². The van der Waals surface area contributed by atoms with E-state index in [0.717, 1.165) is 0 Å². The molecule has 1 aliphatic heterocycles. The molecule has 1 fully saturated rings. The van der Waals surface area contributed by atoms with Gasteiger partial charge >= 0.3 is 0 Å². The number of hydrogen-bond donors (Lipinski definition) is 2. The first-order valence-corrected chi connectivity index (χ1v) is 5.97. The summed E-state index contributed by atoms with van der Waals surface area (Å²) >= 11 is 0. The minimum Gasteiger partial charge on any atom is -0.383 e. The van der Waals surface area contributed by atoms with E-state index in [1.54, 1.807) is 14.2 Å². The highest BCUT2D eigenvalue weighted by Crippen LogP contribution is 1.98. The number of ether oxygens (including phenoxy) is 2. The van der Waals surface area contributed by atoms with Crippen LogP contribution in [0.15, 0.2) is 0 Å². The van der Waals surface area contributed by atoms with Gasteiger partial charge in [0.25, 0.3) is 0 Å². The zero-order valence-electron chi connectivity index (χ0n) is 10.9. The lowest BCUT2D eigenvalue weighted by Crippen LogP contribution is -2.53. The first-order valence-electron chi connectivity index (χ1n) is 5.97. The van der Waals surface area contributed by atoms with Gasteiger partial charge in [-0.1, -0.05) is 0 Å². The van der Waals surface area contributed by atoms with Crippen LogP contribution in [0.3, 0.4) is 0 Å². The summed E-state index contributed by atoms with van der Waals surface area (Å²) in [6.07, 6.45) is 0. The second kappa shape index (κ2) is 8.02. The molecule has 1 atom stereocenters. The van der Waals surface area contributed by atoms with Crippen molar-refractivity contribution in [3.05, 3.63) is 0 Å². The fraction of sp³-hybridized carbons (Fsp3) is 0.818. The number of rotatable bonds is 6. The van der Waals surface area contributed by atoms with Crippen LogP contribution in [0, 0.1) is 0 Å². The van der Waals surface area contributed by atoms with Crippen molar-refractivity contribution in [2.45, 2.75) is 6.04 Å². The predicted molar refractivity (Wildman–Crippen MR) is 65.1 cm³/mol. The summed E-state index contributed by atoms with van der Waals surface area (Å²) in [5.41, 5.74) is 0. The second-order valence-corrected chi connectivity index (χ2v) is 4.12. The Hall–Kier alpha value is -1.18. The lowest BCUT2D eigenvalue weighted by Gasteiger charge is -2.27. The van der Waals surface area contributed by atoms with Crippen LogP contribution in [-0.2, 0) is 19.1 Å².